The Balaban J connectivity index is 0.00000147. The van der Waals surface area contributed by atoms with E-state index in [9.17, 15) is 4.79 Å². The summed E-state index contributed by atoms with van der Waals surface area (Å²) >= 11 is 1.68. The van der Waals surface area contributed by atoms with Crippen LogP contribution in [0.5, 0.6) is 0 Å². The zero-order valence-electron chi connectivity index (χ0n) is 11.1. The number of carbonyl (C=O) groups is 1. The number of hydrogen-bond donors (Lipinski definition) is 0. The van der Waals surface area contributed by atoms with Crippen molar-refractivity contribution in [1.82, 2.24) is 0 Å². The Labute approximate surface area is 140 Å². The Morgan fingerprint density at radius 2 is 1.95 bits per heavy atom. The average Bonchev–Trinajstić information content (AvgIpc) is 2.82. The molecule has 1 atom stereocenters. The fourth-order valence-electron chi connectivity index (χ4n) is 2.30. The minimum absolute atomic E-state index is 0. The summed E-state index contributed by atoms with van der Waals surface area (Å²) in [6.07, 6.45) is 4.07. The molecule has 0 spiro atoms. The number of aromatic nitrogens is 1. The molecule has 0 aliphatic carbocycles. The molecule has 1 saturated heterocycles. The van der Waals surface area contributed by atoms with Gasteiger partial charge in [-0.05, 0) is 18.2 Å². The molecule has 0 saturated carbocycles. The second-order valence-corrected chi connectivity index (χ2v) is 5.63. The smallest absolute Gasteiger partial charge is 0.238 e. The molecule has 0 N–H and O–H groups in total. The second kappa shape index (κ2) is 6.58. The van der Waals surface area contributed by atoms with Crippen molar-refractivity contribution in [2.24, 2.45) is 7.05 Å². The summed E-state index contributed by atoms with van der Waals surface area (Å²) < 4.78 is 2.02. The van der Waals surface area contributed by atoms with Crippen LogP contribution in [0.15, 0.2) is 54.9 Å². The molecule has 1 aliphatic heterocycles. The molecule has 1 fully saturated rings. The van der Waals surface area contributed by atoms with E-state index >= 15 is 0 Å². The maximum atomic E-state index is 12.1. The summed E-state index contributed by atoms with van der Waals surface area (Å²) in [4.78, 5) is 14.0. The molecule has 2 heterocycles. The molecule has 20 heavy (non-hydrogen) atoms. The molecular weight excluding hydrogens is 383 g/mol. The van der Waals surface area contributed by atoms with Gasteiger partial charge in [0.05, 0.1) is 5.75 Å². The van der Waals surface area contributed by atoms with Gasteiger partial charge in [-0.2, -0.15) is 0 Å². The summed E-state index contributed by atoms with van der Waals surface area (Å²) in [6, 6.07) is 14.0. The van der Waals surface area contributed by atoms with Crippen LogP contribution in [0.1, 0.15) is 10.9 Å². The van der Waals surface area contributed by atoms with Gasteiger partial charge in [0.15, 0.2) is 12.4 Å². The Bertz CT molecular complexity index is 606. The lowest BCUT2D eigenvalue weighted by atomic mass is 10.2. The molecule has 1 amide bonds. The zero-order valence-corrected chi connectivity index (χ0v) is 14.0. The van der Waals surface area contributed by atoms with E-state index < -0.39 is 0 Å². The molecule has 1 aromatic carbocycles. The van der Waals surface area contributed by atoms with E-state index in [0.29, 0.717) is 5.75 Å². The number of thioether (sulfide) groups is 1. The van der Waals surface area contributed by atoms with E-state index in [1.54, 1.807) is 11.8 Å². The predicted octanol–water partition coefficient (Wildman–Crippen LogP) is -0.706. The third kappa shape index (κ3) is 2.98. The highest BCUT2D eigenvalue weighted by atomic mass is 127. The van der Waals surface area contributed by atoms with Crippen LogP contribution in [-0.2, 0) is 11.8 Å². The number of anilines is 1. The third-order valence-electron chi connectivity index (χ3n) is 3.15. The maximum Gasteiger partial charge on any atom is 0.238 e. The fraction of sp³-hybridized carbons (Fsp3) is 0.200. The standard InChI is InChI=1S/C15H15N2OS.HI/c1-16-9-5-6-12(10-16)15-17(14(18)11-19-15)13-7-3-2-4-8-13;/h2-10,15H,11H2,1H3;1H/q+1;/p-1. The minimum Gasteiger partial charge on any atom is -1.00 e. The third-order valence-corrected chi connectivity index (χ3v) is 4.36. The number of benzene rings is 1. The molecule has 1 unspecified atom stereocenters. The Morgan fingerprint density at radius 1 is 1.20 bits per heavy atom. The summed E-state index contributed by atoms with van der Waals surface area (Å²) in [7, 11) is 2.00. The molecule has 5 heteroatoms. The van der Waals surface area contributed by atoms with Crippen molar-refractivity contribution < 1.29 is 33.3 Å². The minimum atomic E-state index is 0. The van der Waals surface area contributed by atoms with Crippen LogP contribution in [0.4, 0.5) is 5.69 Å². The lowest BCUT2D eigenvalue weighted by Crippen LogP contribution is -3.00. The second-order valence-electron chi connectivity index (χ2n) is 4.57. The van der Waals surface area contributed by atoms with Gasteiger partial charge in [0, 0.05) is 17.3 Å². The molecule has 0 radical (unpaired) electrons. The zero-order chi connectivity index (χ0) is 13.2. The summed E-state index contributed by atoms with van der Waals surface area (Å²) in [6.45, 7) is 0. The molecule has 2 aromatic rings. The lowest BCUT2D eigenvalue weighted by Gasteiger charge is -2.23. The number of halogens is 1. The molecule has 3 rings (SSSR count). The van der Waals surface area contributed by atoms with Crippen LogP contribution in [0.2, 0.25) is 0 Å². The SMILES string of the molecule is C[n+]1cccc(C2SCC(=O)N2c2ccccc2)c1.[I-]. The molecule has 104 valence electrons. The number of para-hydroxylation sites is 1. The molecule has 0 bridgehead atoms. The van der Waals surface area contributed by atoms with Crippen molar-refractivity contribution in [3.63, 3.8) is 0 Å². The average molecular weight is 398 g/mol. The number of pyridine rings is 1. The van der Waals surface area contributed by atoms with E-state index in [4.69, 9.17) is 0 Å². The highest BCUT2D eigenvalue weighted by Crippen LogP contribution is 2.41. The molecule has 3 nitrogen and oxygen atoms in total. The van der Waals surface area contributed by atoms with Crippen molar-refractivity contribution in [3.05, 3.63) is 60.4 Å². The number of rotatable bonds is 2. The summed E-state index contributed by atoms with van der Waals surface area (Å²) in [5.41, 5.74) is 2.12. The first-order valence-corrected chi connectivity index (χ1v) is 7.24. The first-order valence-electron chi connectivity index (χ1n) is 6.19. The molecule has 1 aromatic heterocycles. The van der Waals surface area contributed by atoms with E-state index in [0.717, 1.165) is 11.3 Å². The largest absolute Gasteiger partial charge is 1.00 e. The van der Waals surface area contributed by atoms with Gasteiger partial charge in [-0.1, -0.05) is 18.2 Å². The highest BCUT2D eigenvalue weighted by molar-refractivity contribution is 8.00. The first kappa shape index (κ1) is 15.3. The van der Waals surface area contributed by atoms with Crippen molar-refractivity contribution in [3.8, 4) is 0 Å². The monoisotopic (exact) mass is 398 g/mol. The normalized spacial score (nSPS) is 17.9. The van der Waals surface area contributed by atoms with Crippen LogP contribution in [-0.4, -0.2) is 11.7 Å². The number of carbonyl (C=O) groups excluding carboxylic acids is 1. The van der Waals surface area contributed by atoms with Crippen molar-refractivity contribution >= 4 is 23.4 Å². The van der Waals surface area contributed by atoms with Crippen molar-refractivity contribution in [2.75, 3.05) is 10.7 Å². The Hall–Kier alpha value is -1.08. The van der Waals surface area contributed by atoms with Crippen molar-refractivity contribution in [2.45, 2.75) is 5.37 Å². The quantitative estimate of drug-likeness (QED) is 0.494. The van der Waals surface area contributed by atoms with Crippen molar-refractivity contribution in [1.29, 1.82) is 0 Å². The maximum absolute atomic E-state index is 12.1. The first-order chi connectivity index (χ1) is 9.25. The van der Waals surface area contributed by atoms with Gasteiger partial charge in [-0.3, -0.25) is 9.69 Å². The Kier molecular flexibility index (Phi) is 5.04. The molecular formula is C15H15IN2OS. The van der Waals surface area contributed by atoms with E-state index in [1.165, 1.54) is 0 Å². The van der Waals surface area contributed by atoms with Crippen LogP contribution in [0.3, 0.4) is 0 Å². The predicted molar refractivity (Wildman–Crippen MR) is 76.7 cm³/mol. The van der Waals surface area contributed by atoms with Gasteiger partial charge in [0.1, 0.15) is 12.4 Å². The summed E-state index contributed by atoms with van der Waals surface area (Å²) in [5, 5.41) is 0.0716. The number of nitrogens with zero attached hydrogens (tertiary/aromatic N) is 2. The number of aryl methyl sites for hydroxylation is 1. The number of hydrogen-bond acceptors (Lipinski definition) is 2. The van der Waals surface area contributed by atoms with Crippen LogP contribution in [0, 0.1) is 0 Å². The number of amides is 1. The highest BCUT2D eigenvalue weighted by Gasteiger charge is 2.34. The van der Waals surface area contributed by atoms with Gasteiger partial charge in [-0.25, -0.2) is 4.57 Å². The van der Waals surface area contributed by atoms with Gasteiger partial charge < -0.3 is 24.0 Å². The lowest BCUT2D eigenvalue weighted by molar-refractivity contribution is -0.671. The van der Waals surface area contributed by atoms with Gasteiger partial charge >= 0.3 is 0 Å². The van der Waals surface area contributed by atoms with Crippen LogP contribution >= 0.6 is 11.8 Å². The van der Waals surface area contributed by atoms with E-state index in [1.807, 2.05) is 59.1 Å². The van der Waals surface area contributed by atoms with E-state index in [2.05, 4.69) is 12.3 Å². The topological polar surface area (TPSA) is 24.2 Å². The van der Waals surface area contributed by atoms with Crippen LogP contribution in [0.25, 0.3) is 0 Å². The van der Waals surface area contributed by atoms with Gasteiger partial charge in [0.25, 0.3) is 0 Å². The Morgan fingerprint density at radius 3 is 2.65 bits per heavy atom. The van der Waals surface area contributed by atoms with Crippen LogP contribution < -0.4 is 33.4 Å². The molecule has 1 aliphatic rings. The fourth-order valence-corrected chi connectivity index (χ4v) is 3.46. The summed E-state index contributed by atoms with van der Waals surface area (Å²) in [5.74, 6) is 0.714. The van der Waals surface area contributed by atoms with E-state index in [-0.39, 0.29) is 35.3 Å². The van der Waals surface area contributed by atoms with Gasteiger partial charge in [0.2, 0.25) is 5.91 Å². The van der Waals surface area contributed by atoms with Gasteiger partial charge in [-0.15, -0.1) is 11.8 Å².